The summed E-state index contributed by atoms with van der Waals surface area (Å²) in [6.07, 6.45) is 5.38. The van der Waals surface area contributed by atoms with E-state index >= 15 is 0 Å². The lowest BCUT2D eigenvalue weighted by Gasteiger charge is -2.40. The van der Waals surface area contributed by atoms with Crippen LogP contribution in [0.2, 0.25) is 5.02 Å². The number of piperidine rings is 1. The lowest BCUT2D eigenvalue weighted by molar-refractivity contribution is -0.136. The molecule has 176 valence electrons. The lowest BCUT2D eigenvalue weighted by Crippen LogP contribution is -2.52. The van der Waals surface area contributed by atoms with Crippen molar-refractivity contribution in [3.05, 3.63) is 72.0 Å². The van der Waals surface area contributed by atoms with Gasteiger partial charge in [-0.3, -0.25) is 4.79 Å². The van der Waals surface area contributed by atoms with Crippen molar-refractivity contribution >= 4 is 40.8 Å². The summed E-state index contributed by atoms with van der Waals surface area (Å²) in [4.78, 5) is 30.4. The molecule has 2 fully saturated rings. The minimum Gasteiger partial charge on any atom is -0.368 e. The van der Waals surface area contributed by atoms with Crippen molar-refractivity contribution in [1.82, 2.24) is 14.9 Å². The first-order chi connectivity index (χ1) is 16.7. The van der Waals surface area contributed by atoms with Gasteiger partial charge in [0.1, 0.15) is 5.03 Å². The standard InChI is InChI=1S/C26H28ClN5OS/c27-21-7-4-8-22(18-21)30-14-16-31(17-15-30)26(33)20-6-5-13-32(19-20)24-25(29-12-11-28-24)34-23-9-2-1-3-10-23/h1-4,7-12,18,20H,5-6,13-17,19H2/t20-/m0/s1. The van der Waals surface area contributed by atoms with Crippen LogP contribution in [0, 0.1) is 5.92 Å². The summed E-state index contributed by atoms with van der Waals surface area (Å²) < 4.78 is 0. The number of amides is 1. The van der Waals surface area contributed by atoms with Crippen LogP contribution >= 0.6 is 23.4 Å². The third kappa shape index (κ3) is 5.31. The van der Waals surface area contributed by atoms with Gasteiger partial charge in [0.15, 0.2) is 5.82 Å². The Morgan fingerprint density at radius 3 is 2.50 bits per heavy atom. The lowest BCUT2D eigenvalue weighted by atomic mass is 9.96. The van der Waals surface area contributed by atoms with Crippen LogP contribution in [0.3, 0.4) is 0 Å². The first-order valence-electron chi connectivity index (χ1n) is 11.8. The van der Waals surface area contributed by atoms with E-state index in [2.05, 4.69) is 38.0 Å². The van der Waals surface area contributed by atoms with E-state index in [1.807, 2.05) is 41.3 Å². The molecule has 0 radical (unpaired) electrons. The highest BCUT2D eigenvalue weighted by Crippen LogP contribution is 2.34. The first-order valence-corrected chi connectivity index (χ1v) is 12.9. The van der Waals surface area contributed by atoms with Crippen molar-refractivity contribution in [2.75, 3.05) is 49.1 Å². The molecule has 5 rings (SSSR count). The molecule has 34 heavy (non-hydrogen) atoms. The third-order valence-electron chi connectivity index (χ3n) is 6.44. The Morgan fingerprint density at radius 1 is 0.912 bits per heavy atom. The fraction of sp³-hybridized carbons (Fsp3) is 0.346. The van der Waals surface area contributed by atoms with Crippen LogP contribution in [0.4, 0.5) is 11.5 Å². The van der Waals surface area contributed by atoms with Gasteiger partial charge in [-0.05, 0) is 43.2 Å². The second kappa shape index (κ2) is 10.7. The fourth-order valence-corrected chi connectivity index (χ4v) is 5.78. The van der Waals surface area contributed by atoms with Crippen molar-refractivity contribution in [1.29, 1.82) is 0 Å². The van der Waals surface area contributed by atoms with Crippen LogP contribution in [0.1, 0.15) is 12.8 Å². The number of rotatable bonds is 5. The van der Waals surface area contributed by atoms with Gasteiger partial charge in [0, 0.05) is 67.3 Å². The van der Waals surface area contributed by atoms with Crippen molar-refractivity contribution in [3.63, 3.8) is 0 Å². The summed E-state index contributed by atoms with van der Waals surface area (Å²) in [5.41, 5.74) is 1.12. The maximum Gasteiger partial charge on any atom is 0.227 e. The van der Waals surface area contributed by atoms with E-state index in [0.717, 1.165) is 72.0 Å². The SMILES string of the molecule is O=C([C@H]1CCCN(c2nccnc2Sc2ccccc2)C1)N1CCN(c2cccc(Cl)c2)CC1. The highest BCUT2D eigenvalue weighted by atomic mass is 35.5. The summed E-state index contributed by atoms with van der Waals surface area (Å²) >= 11 is 7.78. The Hall–Kier alpha value is -2.77. The highest BCUT2D eigenvalue weighted by molar-refractivity contribution is 7.99. The van der Waals surface area contributed by atoms with Crippen LogP contribution in [0.15, 0.2) is 76.9 Å². The molecule has 2 aromatic carbocycles. The van der Waals surface area contributed by atoms with Gasteiger partial charge in [-0.1, -0.05) is 47.6 Å². The molecule has 2 aliphatic heterocycles. The van der Waals surface area contributed by atoms with Gasteiger partial charge in [0.05, 0.1) is 5.92 Å². The normalized spacial score (nSPS) is 18.7. The van der Waals surface area contributed by atoms with E-state index in [1.54, 1.807) is 24.2 Å². The molecule has 0 N–H and O–H groups in total. The number of hydrogen-bond acceptors (Lipinski definition) is 6. The largest absolute Gasteiger partial charge is 0.368 e. The average Bonchev–Trinajstić information content (AvgIpc) is 2.89. The number of anilines is 2. The number of carbonyl (C=O) groups is 1. The van der Waals surface area contributed by atoms with Crippen LogP contribution in [-0.4, -0.2) is 60.0 Å². The van der Waals surface area contributed by atoms with Crippen LogP contribution < -0.4 is 9.80 Å². The van der Waals surface area contributed by atoms with Gasteiger partial charge in [-0.25, -0.2) is 9.97 Å². The Morgan fingerprint density at radius 2 is 1.71 bits per heavy atom. The average molecular weight is 494 g/mol. The molecule has 2 aliphatic rings. The topological polar surface area (TPSA) is 52.6 Å². The van der Waals surface area contributed by atoms with Gasteiger partial charge in [0.2, 0.25) is 5.91 Å². The van der Waals surface area contributed by atoms with Gasteiger partial charge >= 0.3 is 0 Å². The van der Waals surface area contributed by atoms with E-state index in [-0.39, 0.29) is 11.8 Å². The van der Waals surface area contributed by atoms with Crippen molar-refractivity contribution < 1.29 is 4.79 Å². The molecule has 2 saturated heterocycles. The maximum absolute atomic E-state index is 13.4. The molecule has 0 aliphatic carbocycles. The summed E-state index contributed by atoms with van der Waals surface area (Å²) in [6.45, 7) is 4.71. The number of halogens is 1. The highest BCUT2D eigenvalue weighted by Gasteiger charge is 2.32. The van der Waals surface area contributed by atoms with Crippen molar-refractivity contribution in [3.8, 4) is 0 Å². The Bertz CT molecular complexity index is 1120. The predicted octanol–water partition coefficient (Wildman–Crippen LogP) is 4.85. The van der Waals surface area contributed by atoms with E-state index in [0.29, 0.717) is 6.54 Å². The smallest absolute Gasteiger partial charge is 0.227 e. The summed E-state index contributed by atoms with van der Waals surface area (Å²) in [5, 5.41) is 1.63. The molecule has 8 heteroatoms. The fourth-order valence-electron chi connectivity index (χ4n) is 4.69. The number of benzene rings is 2. The maximum atomic E-state index is 13.4. The van der Waals surface area contributed by atoms with Gasteiger partial charge in [-0.15, -0.1) is 0 Å². The molecule has 3 heterocycles. The Labute approximate surface area is 209 Å². The van der Waals surface area contributed by atoms with Crippen molar-refractivity contribution in [2.24, 2.45) is 5.92 Å². The molecule has 0 unspecified atom stereocenters. The second-order valence-electron chi connectivity index (χ2n) is 8.68. The van der Waals surface area contributed by atoms with Crippen LogP contribution in [0.25, 0.3) is 0 Å². The Kier molecular flexibility index (Phi) is 7.21. The minimum absolute atomic E-state index is 0.0111. The molecule has 1 atom stereocenters. The van der Waals surface area contributed by atoms with Crippen LogP contribution in [0.5, 0.6) is 0 Å². The zero-order valence-electron chi connectivity index (χ0n) is 19.0. The van der Waals surface area contributed by atoms with E-state index in [9.17, 15) is 4.79 Å². The zero-order valence-corrected chi connectivity index (χ0v) is 20.6. The zero-order chi connectivity index (χ0) is 23.3. The number of hydrogen-bond donors (Lipinski definition) is 0. The number of nitrogens with zero attached hydrogens (tertiary/aromatic N) is 5. The first kappa shape index (κ1) is 23.0. The van der Waals surface area contributed by atoms with Crippen LogP contribution in [-0.2, 0) is 4.79 Å². The monoisotopic (exact) mass is 493 g/mol. The second-order valence-corrected chi connectivity index (χ2v) is 10.2. The molecule has 1 aromatic heterocycles. The summed E-state index contributed by atoms with van der Waals surface area (Å²) in [6, 6.07) is 18.2. The van der Waals surface area contributed by atoms with Gasteiger partial charge < -0.3 is 14.7 Å². The third-order valence-corrected chi connectivity index (χ3v) is 7.66. The molecular weight excluding hydrogens is 466 g/mol. The molecule has 0 saturated carbocycles. The Balaban J connectivity index is 1.23. The minimum atomic E-state index is -0.0111. The molecule has 1 amide bonds. The quantitative estimate of drug-likeness (QED) is 0.506. The molecule has 3 aromatic rings. The molecule has 0 spiro atoms. The number of piperazine rings is 1. The summed E-state index contributed by atoms with van der Waals surface area (Å²) in [7, 11) is 0. The molecule has 0 bridgehead atoms. The van der Waals surface area contributed by atoms with Gasteiger partial charge in [-0.2, -0.15) is 0 Å². The number of aromatic nitrogens is 2. The van der Waals surface area contributed by atoms with Gasteiger partial charge in [0.25, 0.3) is 0 Å². The van der Waals surface area contributed by atoms with E-state index in [1.165, 1.54) is 0 Å². The predicted molar refractivity (Wildman–Crippen MR) is 138 cm³/mol. The number of carbonyl (C=O) groups excluding carboxylic acids is 1. The summed E-state index contributed by atoms with van der Waals surface area (Å²) in [5.74, 6) is 1.12. The van der Waals surface area contributed by atoms with E-state index in [4.69, 9.17) is 11.6 Å². The molecule has 6 nitrogen and oxygen atoms in total. The van der Waals surface area contributed by atoms with Crippen molar-refractivity contribution in [2.45, 2.75) is 22.8 Å². The molecular formula is C26H28ClN5OS. The van der Waals surface area contributed by atoms with E-state index < -0.39 is 0 Å².